The van der Waals surface area contributed by atoms with E-state index in [-0.39, 0.29) is 24.8 Å². The van der Waals surface area contributed by atoms with E-state index in [2.05, 4.69) is 34.3 Å². The predicted octanol–water partition coefficient (Wildman–Crippen LogP) is 3.38. The summed E-state index contributed by atoms with van der Waals surface area (Å²) in [5.74, 6) is 0. The number of halogens is 2. The highest BCUT2D eigenvalue weighted by molar-refractivity contribution is 5.85. The number of aromatic nitrogens is 1. The van der Waals surface area contributed by atoms with E-state index in [1.54, 1.807) is 0 Å². The fraction of sp³-hybridized carbons (Fsp3) is 0.714. The summed E-state index contributed by atoms with van der Waals surface area (Å²) in [5, 5.41) is 3.43. The van der Waals surface area contributed by atoms with Crippen LogP contribution in [0.2, 0.25) is 0 Å². The van der Waals surface area contributed by atoms with E-state index in [4.69, 9.17) is 0 Å². The average Bonchev–Trinajstić information content (AvgIpc) is 2.89. The molecule has 5 heteroatoms. The third kappa shape index (κ3) is 5.74. The lowest BCUT2D eigenvalue weighted by molar-refractivity contribution is 0.160. The summed E-state index contributed by atoms with van der Waals surface area (Å²) >= 11 is 0. The van der Waals surface area contributed by atoms with E-state index in [0.717, 1.165) is 13.1 Å². The lowest BCUT2D eigenvalue weighted by Gasteiger charge is -2.34. The molecule has 1 fully saturated rings. The number of nitrogens with one attached hydrogen (secondary N) is 2. The lowest BCUT2D eigenvalue weighted by Crippen LogP contribution is -2.45. The number of rotatable bonds is 6. The van der Waals surface area contributed by atoms with Gasteiger partial charge in [0, 0.05) is 44.1 Å². The molecule has 0 spiro atoms. The van der Waals surface area contributed by atoms with Gasteiger partial charge in [0.05, 0.1) is 0 Å². The summed E-state index contributed by atoms with van der Waals surface area (Å²) in [4.78, 5) is 6.02. The second kappa shape index (κ2) is 10.6. The van der Waals surface area contributed by atoms with Crippen LogP contribution in [0.15, 0.2) is 18.3 Å². The minimum absolute atomic E-state index is 0. The molecule has 0 saturated carbocycles. The Hall–Kier alpha value is -0.220. The minimum atomic E-state index is 0. The van der Waals surface area contributed by atoms with Crippen molar-refractivity contribution in [3.8, 4) is 0 Å². The van der Waals surface area contributed by atoms with Crippen molar-refractivity contribution in [1.29, 1.82) is 0 Å². The number of unbranched alkanes of at least 4 members (excludes halogenated alkanes) is 2. The Morgan fingerprint density at radius 1 is 1.21 bits per heavy atom. The molecule has 1 saturated heterocycles. The molecule has 3 nitrogen and oxygen atoms in total. The van der Waals surface area contributed by atoms with Gasteiger partial charge in [0.1, 0.15) is 0 Å². The van der Waals surface area contributed by atoms with Crippen LogP contribution < -0.4 is 5.32 Å². The zero-order chi connectivity index (χ0) is 11.9. The second-order valence-electron chi connectivity index (χ2n) is 4.92. The van der Waals surface area contributed by atoms with Gasteiger partial charge >= 0.3 is 0 Å². The zero-order valence-corrected chi connectivity index (χ0v) is 13.4. The van der Waals surface area contributed by atoms with E-state index in [1.165, 1.54) is 44.5 Å². The molecule has 112 valence electrons. The van der Waals surface area contributed by atoms with Gasteiger partial charge < -0.3 is 10.3 Å². The first-order valence-electron chi connectivity index (χ1n) is 7.00. The van der Waals surface area contributed by atoms with Gasteiger partial charge in [-0.25, -0.2) is 0 Å². The van der Waals surface area contributed by atoms with Crippen molar-refractivity contribution in [1.82, 2.24) is 15.2 Å². The molecular formula is C14H27Cl2N3. The smallest absolute Gasteiger partial charge is 0.0499 e. The number of piperazine rings is 1. The summed E-state index contributed by atoms with van der Waals surface area (Å²) < 4.78 is 0. The molecule has 0 bridgehead atoms. The van der Waals surface area contributed by atoms with Gasteiger partial charge in [0.2, 0.25) is 0 Å². The molecule has 2 heterocycles. The van der Waals surface area contributed by atoms with Gasteiger partial charge in [0.25, 0.3) is 0 Å². The van der Waals surface area contributed by atoms with E-state index >= 15 is 0 Å². The number of hydrogen-bond acceptors (Lipinski definition) is 2. The number of nitrogens with zero attached hydrogens (tertiary/aromatic N) is 1. The molecular weight excluding hydrogens is 281 g/mol. The highest BCUT2D eigenvalue weighted by atomic mass is 35.5. The van der Waals surface area contributed by atoms with Gasteiger partial charge in [-0.3, -0.25) is 4.90 Å². The van der Waals surface area contributed by atoms with Crippen molar-refractivity contribution >= 4 is 24.8 Å². The highest BCUT2D eigenvalue weighted by Crippen LogP contribution is 2.25. The van der Waals surface area contributed by atoms with Crippen LogP contribution in [0.1, 0.15) is 44.3 Å². The molecule has 0 radical (unpaired) electrons. The lowest BCUT2D eigenvalue weighted by atomic mass is 10.0. The van der Waals surface area contributed by atoms with Gasteiger partial charge in [-0.2, -0.15) is 0 Å². The number of hydrogen-bond donors (Lipinski definition) is 2. The van der Waals surface area contributed by atoms with Crippen molar-refractivity contribution in [2.45, 2.75) is 38.6 Å². The summed E-state index contributed by atoms with van der Waals surface area (Å²) in [5.41, 5.74) is 1.39. The molecule has 19 heavy (non-hydrogen) atoms. The monoisotopic (exact) mass is 307 g/mol. The molecule has 2 rings (SSSR count). The first-order chi connectivity index (χ1) is 8.42. The number of H-pyrrole nitrogens is 1. The van der Waals surface area contributed by atoms with E-state index in [9.17, 15) is 0 Å². The largest absolute Gasteiger partial charge is 0.364 e. The zero-order valence-electron chi connectivity index (χ0n) is 11.7. The summed E-state index contributed by atoms with van der Waals surface area (Å²) in [6.45, 7) is 6.88. The normalized spacial score (nSPS) is 17.3. The van der Waals surface area contributed by atoms with Crippen LogP contribution in [0.3, 0.4) is 0 Å². The van der Waals surface area contributed by atoms with Crippen LogP contribution in [0.4, 0.5) is 0 Å². The van der Waals surface area contributed by atoms with Crippen molar-refractivity contribution in [2.75, 3.05) is 26.2 Å². The molecule has 1 aromatic heterocycles. The molecule has 1 aromatic rings. The molecule has 0 unspecified atom stereocenters. The third-order valence-electron chi connectivity index (χ3n) is 3.65. The fourth-order valence-corrected chi connectivity index (χ4v) is 2.67. The average molecular weight is 308 g/mol. The van der Waals surface area contributed by atoms with Crippen LogP contribution in [0, 0.1) is 0 Å². The summed E-state index contributed by atoms with van der Waals surface area (Å²) in [6, 6.07) is 4.95. The molecule has 1 atom stereocenters. The quantitative estimate of drug-likeness (QED) is 0.789. The topological polar surface area (TPSA) is 31.1 Å². The highest BCUT2D eigenvalue weighted by Gasteiger charge is 2.21. The van der Waals surface area contributed by atoms with Crippen molar-refractivity contribution in [2.24, 2.45) is 0 Å². The summed E-state index contributed by atoms with van der Waals surface area (Å²) in [6.07, 6.45) is 7.32. The first kappa shape index (κ1) is 18.8. The Labute approximate surface area is 129 Å². The van der Waals surface area contributed by atoms with E-state index in [1.807, 2.05) is 6.20 Å². The number of aromatic amines is 1. The first-order valence-corrected chi connectivity index (χ1v) is 7.00. The van der Waals surface area contributed by atoms with Gasteiger partial charge in [0.15, 0.2) is 0 Å². The van der Waals surface area contributed by atoms with Crippen molar-refractivity contribution in [3.05, 3.63) is 24.0 Å². The maximum Gasteiger partial charge on any atom is 0.0499 e. The van der Waals surface area contributed by atoms with E-state index < -0.39 is 0 Å². The van der Waals surface area contributed by atoms with E-state index in [0.29, 0.717) is 6.04 Å². The van der Waals surface area contributed by atoms with Gasteiger partial charge in [-0.1, -0.05) is 26.2 Å². The Morgan fingerprint density at radius 3 is 2.53 bits per heavy atom. The SMILES string of the molecule is CCCCC[C@H](c1ccc[nH]1)N1CCNCC1.Cl.Cl. The van der Waals surface area contributed by atoms with Crippen LogP contribution in [0.25, 0.3) is 0 Å². The maximum atomic E-state index is 3.43. The van der Waals surface area contributed by atoms with Crippen LogP contribution >= 0.6 is 24.8 Å². The molecule has 1 aliphatic heterocycles. The van der Waals surface area contributed by atoms with Crippen molar-refractivity contribution in [3.63, 3.8) is 0 Å². The molecule has 1 aliphatic rings. The molecule has 2 N–H and O–H groups in total. The fourth-order valence-electron chi connectivity index (χ4n) is 2.67. The van der Waals surface area contributed by atoms with Gasteiger partial charge in [-0.05, 0) is 18.6 Å². The Kier molecular flexibility index (Phi) is 10.4. The minimum Gasteiger partial charge on any atom is -0.364 e. The van der Waals surface area contributed by atoms with Crippen LogP contribution in [-0.2, 0) is 0 Å². The molecule has 0 amide bonds. The van der Waals surface area contributed by atoms with Crippen LogP contribution in [0.5, 0.6) is 0 Å². The molecule has 0 aromatic carbocycles. The van der Waals surface area contributed by atoms with Crippen molar-refractivity contribution < 1.29 is 0 Å². The standard InChI is InChI=1S/C14H25N3.2ClH/c1-2-3-4-7-14(13-6-5-8-16-13)17-11-9-15-10-12-17;;/h5-6,8,14-16H,2-4,7,9-12H2,1H3;2*1H/t14-;;/m1../s1. The van der Waals surface area contributed by atoms with Gasteiger partial charge in [-0.15, -0.1) is 24.8 Å². The Bertz CT molecular complexity index is 298. The summed E-state index contributed by atoms with van der Waals surface area (Å²) in [7, 11) is 0. The third-order valence-corrected chi connectivity index (χ3v) is 3.65. The van der Waals surface area contributed by atoms with Crippen LogP contribution in [-0.4, -0.2) is 36.1 Å². The Balaban J connectivity index is 0.00000162. The predicted molar refractivity (Wildman–Crippen MR) is 86.6 cm³/mol. The second-order valence-corrected chi connectivity index (χ2v) is 4.92. The maximum absolute atomic E-state index is 3.43. The Morgan fingerprint density at radius 2 is 1.95 bits per heavy atom. The molecule has 0 aliphatic carbocycles.